The van der Waals surface area contributed by atoms with Crippen molar-refractivity contribution in [2.45, 2.75) is 40.5 Å². The Bertz CT molecular complexity index is 584. The molecule has 24 heavy (non-hydrogen) atoms. The molecule has 132 valence electrons. The van der Waals surface area contributed by atoms with Crippen LogP contribution in [0, 0.1) is 11.8 Å². The maximum Gasteiger partial charge on any atom is 0.262 e. The monoisotopic (exact) mass is 332 g/mol. The highest BCUT2D eigenvalue weighted by Crippen LogP contribution is 2.29. The lowest BCUT2D eigenvalue weighted by Gasteiger charge is -2.25. The molecule has 1 aliphatic rings. The zero-order chi connectivity index (χ0) is 17.7. The van der Waals surface area contributed by atoms with E-state index in [9.17, 15) is 9.59 Å². The Labute approximate surface area is 144 Å². The van der Waals surface area contributed by atoms with E-state index in [4.69, 9.17) is 4.74 Å². The number of amides is 2. The van der Waals surface area contributed by atoms with Crippen LogP contribution in [0.3, 0.4) is 0 Å². The fourth-order valence-electron chi connectivity index (χ4n) is 2.53. The molecular weight excluding hydrogens is 304 g/mol. The van der Waals surface area contributed by atoms with Crippen molar-refractivity contribution < 1.29 is 14.3 Å². The maximum absolute atomic E-state index is 12.9. The first-order valence-corrected chi connectivity index (χ1v) is 8.72. The van der Waals surface area contributed by atoms with Gasteiger partial charge >= 0.3 is 0 Å². The van der Waals surface area contributed by atoms with Gasteiger partial charge in [0.15, 0.2) is 6.61 Å². The molecule has 2 rings (SSSR count). The van der Waals surface area contributed by atoms with Crippen LogP contribution in [-0.2, 0) is 4.79 Å². The summed E-state index contributed by atoms with van der Waals surface area (Å²) in [5.74, 6) is 1.53. The summed E-state index contributed by atoms with van der Waals surface area (Å²) in [4.78, 5) is 26.2. The minimum atomic E-state index is -0.169. The second kappa shape index (κ2) is 8.18. The van der Waals surface area contributed by atoms with Gasteiger partial charge < -0.3 is 15.0 Å². The lowest BCUT2D eigenvalue weighted by molar-refractivity contribution is -0.118. The van der Waals surface area contributed by atoms with Crippen molar-refractivity contribution in [1.82, 2.24) is 4.90 Å². The van der Waals surface area contributed by atoms with Crippen molar-refractivity contribution in [2.24, 2.45) is 11.8 Å². The number of carbonyl (C=O) groups excluding carboxylic acids is 2. The molecule has 1 aromatic carbocycles. The highest BCUT2D eigenvalue weighted by Gasteiger charge is 2.21. The number of anilines is 1. The normalized spacial score (nSPS) is 13.5. The molecule has 0 atom stereocenters. The summed E-state index contributed by atoms with van der Waals surface area (Å²) in [5.41, 5.74) is 1.23. The fraction of sp³-hybridized carbons (Fsp3) is 0.579. The van der Waals surface area contributed by atoms with E-state index in [1.165, 1.54) is 0 Å². The highest BCUT2D eigenvalue weighted by molar-refractivity contribution is 5.99. The van der Waals surface area contributed by atoms with E-state index < -0.39 is 0 Å². The van der Waals surface area contributed by atoms with Gasteiger partial charge in [0.05, 0.1) is 5.69 Å². The van der Waals surface area contributed by atoms with E-state index in [-0.39, 0.29) is 18.4 Å². The van der Waals surface area contributed by atoms with Gasteiger partial charge in [0.1, 0.15) is 5.75 Å². The molecule has 5 nitrogen and oxygen atoms in total. The summed E-state index contributed by atoms with van der Waals surface area (Å²) >= 11 is 0. The molecule has 5 heteroatoms. The number of carbonyl (C=O) groups is 2. The van der Waals surface area contributed by atoms with Gasteiger partial charge in [0.25, 0.3) is 11.8 Å². The number of ether oxygens (including phenoxy) is 1. The number of fused-ring (bicyclic) bond motifs is 1. The van der Waals surface area contributed by atoms with Gasteiger partial charge in [-0.25, -0.2) is 0 Å². The molecule has 0 saturated carbocycles. The van der Waals surface area contributed by atoms with E-state index >= 15 is 0 Å². The smallest absolute Gasteiger partial charge is 0.262 e. The standard InChI is InChI=1S/C19H28N2O3/c1-13(2)7-9-21(10-8-14(3)4)19(23)15-5-6-16-17(11-15)24-12-18(22)20-16/h5-6,11,13-14H,7-10,12H2,1-4H3,(H,20,22). The van der Waals surface area contributed by atoms with Crippen molar-refractivity contribution in [3.63, 3.8) is 0 Å². The minimum Gasteiger partial charge on any atom is -0.482 e. The minimum absolute atomic E-state index is 0.00490. The van der Waals surface area contributed by atoms with Crippen molar-refractivity contribution in [3.8, 4) is 5.75 Å². The molecule has 0 saturated heterocycles. The van der Waals surface area contributed by atoms with Crippen molar-refractivity contribution in [3.05, 3.63) is 23.8 Å². The Kier molecular flexibility index (Phi) is 6.23. The Morgan fingerprint density at radius 3 is 2.38 bits per heavy atom. The van der Waals surface area contributed by atoms with Crippen molar-refractivity contribution in [2.75, 3.05) is 25.0 Å². The summed E-state index contributed by atoms with van der Waals surface area (Å²) < 4.78 is 5.42. The van der Waals surface area contributed by atoms with Crippen molar-refractivity contribution >= 4 is 17.5 Å². The average Bonchev–Trinajstić information content (AvgIpc) is 2.53. The van der Waals surface area contributed by atoms with E-state index in [0.29, 0.717) is 28.8 Å². The van der Waals surface area contributed by atoms with Crippen LogP contribution >= 0.6 is 0 Å². The van der Waals surface area contributed by atoms with Gasteiger partial charge in [-0.05, 0) is 42.9 Å². The van der Waals surface area contributed by atoms with Crippen LogP contribution < -0.4 is 10.1 Å². The van der Waals surface area contributed by atoms with Gasteiger partial charge in [-0.2, -0.15) is 0 Å². The van der Waals surface area contributed by atoms with E-state index in [2.05, 4.69) is 33.0 Å². The zero-order valence-electron chi connectivity index (χ0n) is 15.1. The third kappa shape index (κ3) is 4.98. The summed E-state index contributed by atoms with van der Waals surface area (Å²) in [5, 5.41) is 2.75. The second-order valence-corrected chi connectivity index (χ2v) is 7.21. The Morgan fingerprint density at radius 2 is 1.79 bits per heavy atom. The third-order valence-electron chi connectivity index (χ3n) is 4.10. The van der Waals surface area contributed by atoms with E-state index in [1.54, 1.807) is 18.2 Å². The maximum atomic E-state index is 12.9. The molecule has 0 fully saturated rings. The molecule has 0 spiro atoms. The van der Waals surface area contributed by atoms with Gasteiger partial charge in [-0.15, -0.1) is 0 Å². The fourth-order valence-corrected chi connectivity index (χ4v) is 2.53. The first-order chi connectivity index (χ1) is 11.4. The highest BCUT2D eigenvalue weighted by atomic mass is 16.5. The van der Waals surface area contributed by atoms with Crippen LogP contribution in [0.5, 0.6) is 5.75 Å². The lowest BCUT2D eigenvalue weighted by atomic mass is 10.1. The topological polar surface area (TPSA) is 58.6 Å². The molecule has 0 bridgehead atoms. The molecule has 0 radical (unpaired) electrons. The molecule has 1 heterocycles. The summed E-state index contributed by atoms with van der Waals surface area (Å²) in [7, 11) is 0. The predicted molar refractivity (Wildman–Crippen MR) is 95.4 cm³/mol. The molecule has 0 unspecified atom stereocenters. The SMILES string of the molecule is CC(C)CCN(CCC(C)C)C(=O)c1ccc2c(c1)OCC(=O)N2. The Balaban J connectivity index is 2.13. The average molecular weight is 332 g/mol. The van der Waals surface area contributed by atoms with Gasteiger partial charge in [-0.1, -0.05) is 27.7 Å². The van der Waals surface area contributed by atoms with E-state index in [0.717, 1.165) is 25.9 Å². The van der Waals surface area contributed by atoms with Gasteiger partial charge in [0, 0.05) is 18.7 Å². The largest absolute Gasteiger partial charge is 0.482 e. The molecule has 0 aliphatic carbocycles. The van der Waals surface area contributed by atoms with Crippen LogP contribution in [0.2, 0.25) is 0 Å². The van der Waals surface area contributed by atoms with Crippen LogP contribution in [0.1, 0.15) is 50.9 Å². The van der Waals surface area contributed by atoms with Crippen LogP contribution in [0.4, 0.5) is 5.69 Å². The van der Waals surface area contributed by atoms with Crippen molar-refractivity contribution in [1.29, 1.82) is 0 Å². The first kappa shape index (κ1) is 18.3. The second-order valence-electron chi connectivity index (χ2n) is 7.21. The van der Waals surface area contributed by atoms with Crippen LogP contribution in [0.25, 0.3) is 0 Å². The quantitative estimate of drug-likeness (QED) is 0.830. The van der Waals surface area contributed by atoms with Crippen LogP contribution in [-0.4, -0.2) is 36.4 Å². The number of nitrogens with one attached hydrogen (secondary N) is 1. The number of benzene rings is 1. The molecule has 1 aliphatic heterocycles. The summed E-state index contributed by atoms with van der Waals surface area (Å²) in [6.45, 7) is 10.2. The molecule has 1 aromatic rings. The number of nitrogens with zero attached hydrogens (tertiary/aromatic N) is 1. The number of rotatable bonds is 7. The predicted octanol–water partition coefficient (Wildman–Crippen LogP) is 3.55. The number of hydrogen-bond acceptors (Lipinski definition) is 3. The Morgan fingerprint density at radius 1 is 1.17 bits per heavy atom. The molecular formula is C19H28N2O3. The first-order valence-electron chi connectivity index (χ1n) is 8.72. The van der Waals surface area contributed by atoms with Gasteiger partial charge in [0.2, 0.25) is 0 Å². The number of hydrogen-bond donors (Lipinski definition) is 1. The Hall–Kier alpha value is -2.04. The molecule has 1 N–H and O–H groups in total. The summed E-state index contributed by atoms with van der Waals surface area (Å²) in [6.07, 6.45) is 1.97. The lowest BCUT2D eigenvalue weighted by Crippen LogP contribution is -2.34. The molecule has 0 aromatic heterocycles. The summed E-state index contributed by atoms with van der Waals surface area (Å²) in [6, 6.07) is 5.23. The van der Waals surface area contributed by atoms with E-state index in [1.807, 2.05) is 4.90 Å². The van der Waals surface area contributed by atoms with Gasteiger partial charge in [-0.3, -0.25) is 9.59 Å². The third-order valence-corrected chi connectivity index (χ3v) is 4.10. The molecule has 2 amide bonds. The zero-order valence-corrected chi connectivity index (χ0v) is 15.1. The van der Waals surface area contributed by atoms with Crippen LogP contribution in [0.15, 0.2) is 18.2 Å².